The van der Waals surface area contributed by atoms with Crippen molar-refractivity contribution in [3.8, 4) is 5.75 Å². The van der Waals surface area contributed by atoms with E-state index in [0.717, 1.165) is 16.9 Å². The predicted molar refractivity (Wildman–Crippen MR) is 68.0 cm³/mol. The molecule has 3 nitrogen and oxygen atoms in total. The van der Waals surface area contributed by atoms with Crippen LogP contribution in [-0.2, 0) is 0 Å². The first-order valence-electron chi connectivity index (χ1n) is 5.64. The number of aryl methyl sites for hydroxylation is 1. The van der Waals surface area contributed by atoms with Crippen LogP contribution in [0.5, 0.6) is 5.75 Å². The number of methoxy groups -OCH3 is 1. The minimum absolute atomic E-state index is 0.255. The second-order valence-corrected chi connectivity index (χ2v) is 4.07. The van der Waals surface area contributed by atoms with Crippen molar-refractivity contribution < 1.29 is 9.13 Å². The summed E-state index contributed by atoms with van der Waals surface area (Å²) < 4.78 is 18.8. The van der Waals surface area contributed by atoms with Gasteiger partial charge in [0.05, 0.1) is 18.8 Å². The Kier molecular flexibility index (Phi) is 3.58. The summed E-state index contributed by atoms with van der Waals surface area (Å²) >= 11 is 0. The highest BCUT2D eigenvalue weighted by atomic mass is 19.1. The van der Waals surface area contributed by atoms with Gasteiger partial charge in [-0.1, -0.05) is 6.07 Å². The zero-order valence-electron chi connectivity index (χ0n) is 10.4. The molecule has 0 bridgehead atoms. The van der Waals surface area contributed by atoms with E-state index in [0.29, 0.717) is 0 Å². The quantitative estimate of drug-likeness (QED) is 0.905. The summed E-state index contributed by atoms with van der Waals surface area (Å²) in [7, 11) is 1.60. The molecule has 2 N–H and O–H groups in total. The molecule has 1 aromatic carbocycles. The Bertz CT molecular complexity index is 557. The van der Waals surface area contributed by atoms with Gasteiger partial charge < -0.3 is 10.5 Å². The summed E-state index contributed by atoms with van der Waals surface area (Å²) in [6.07, 6.45) is 1.54. The van der Waals surface area contributed by atoms with Gasteiger partial charge in [-0.2, -0.15) is 0 Å². The molecule has 0 spiro atoms. The van der Waals surface area contributed by atoms with Gasteiger partial charge in [0.2, 0.25) is 0 Å². The lowest BCUT2D eigenvalue weighted by molar-refractivity contribution is 0.414. The van der Waals surface area contributed by atoms with Crippen LogP contribution in [0.25, 0.3) is 0 Å². The van der Waals surface area contributed by atoms with E-state index in [9.17, 15) is 4.39 Å². The molecule has 1 heterocycles. The second kappa shape index (κ2) is 5.14. The van der Waals surface area contributed by atoms with Crippen molar-refractivity contribution in [3.63, 3.8) is 0 Å². The number of halogens is 1. The maximum Gasteiger partial charge on any atom is 0.146 e. The lowest BCUT2D eigenvalue weighted by Gasteiger charge is -2.15. The van der Waals surface area contributed by atoms with E-state index in [1.807, 2.05) is 25.1 Å². The summed E-state index contributed by atoms with van der Waals surface area (Å²) in [5.41, 5.74) is 8.11. The summed E-state index contributed by atoms with van der Waals surface area (Å²) in [6.45, 7) is 1.92. The zero-order chi connectivity index (χ0) is 13.1. The second-order valence-electron chi connectivity index (χ2n) is 4.07. The third kappa shape index (κ3) is 2.33. The molecule has 2 aromatic rings. The normalized spacial score (nSPS) is 12.2. The molecule has 0 saturated heterocycles. The third-order valence-corrected chi connectivity index (χ3v) is 2.89. The number of ether oxygens (including phenoxy) is 1. The van der Waals surface area contributed by atoms with Crippen LogP contribution < -0.4 is 10.5 Å². The maximum absolute atomic E-state index is 13.6. The number of rotatable bonds is 3. The molecular weight excluding hydrogens is 231 g/mol. The number of nitrogens with two attached hydrogens (primary N) is 1. The minimum atomic E-state index is -0.572. The average molecular weight is 246 g/mol. The van der Waals surface area contributed by atoms with Crippen LogP contribution in [0.3, 0.4) is 0 Å². The lowest BCUT2D eigenvalue weighted by atomic mass is 9.98. The van der Waals surface area contributed by atoms with Gasteiger partial charge in [0.15, 0.2) is 0 Å². The van der Waals surface area contributed by atoms with Crippen LogP contribution in [-0.4, -0.2) is 12.1 Å². The van der Waals surface area contributed by atoms with Gasteiger partial charge in [-0.05, 0) is 42.3 Å². The fourth-order valence-corrected chi connectivity index (χ4v) is 1.90. The Labute approximate surface area is 105 Å². The van der Waals surface area contributed by atoms with Gasteiger partial charge in [0, 0.05) is 6.20 Å². The number of nitrogens with zero attached hydrogens (tertiary/aromatic N) is 1. The molecule has 0 radical (unpaired) electrons. The molecular formula is C14H15FN2O. The summed E-state index contributed by atoms with van der Waals surface area (Å²) in [5.74, 6) is 0.366. The van der Waals surface area contributed by atoms with Gasteiger partial charge in [0.25, 0.3) is 0 Å². The summed E-state index contributed by atoms with van der Waals surface area (Å²) in [4.78, 5) is 4.01. The number of aromatic nitrogens is 1. The van der Waals surface area contributed by atoms with Gasteiger partial charge in [-0.15, -0.1) is 0 Å². The van der Waals surface area contributed by atoms with E-state index >= 15 is 0 Å². The maximum atomic E-state index is 13.6. The lowest BCUT2D eigenvalue weighted by Crippen LogP contribution is -2.16. The Morgan fingerprint density at radius 2 is 2.11 bits per heavy atom. The highest BCUT2D eigenvalue weighted by Crippen LogP contribution is 2.25. The fourth-order valence-electron chi connectivity index (χ4n) is 1.90. The van der Waals surface area contributed by atoms with Gasteiger partial charge >= 0.3 is 0 Å². The number of hydrogen-bond donors (Lipinski definition) is 1. The fraction of sp³-hybridized carbons (Fsp3) is 0.214. The molecule has 94 valence electrons. The smallest absolute Gasteiger partial charge is 0.146 e. The van der Waals surface area contributed by atoms with Crippen molar-refractivity contribution in [1.82, 2.24) is 4.98 Å². The topological polar surface area (TPSA) is 48.1 Å². The van der Waals surface area contributed by atoms with E-state index in [4.69, 9.17) is 10.5 Å². The number of benzene rings is 1. The monoisotopic (exact) mass is 246 g/mol. The first-order chi connectivity index (χ1) is 8.63. The van der Waals surface area contributed by atoms with Gasteiger partial charge in [-0.25, -0.2) is 4.39 Å². The predicted octanol–water partition coefficient (Wildman–Crippen LogP) is 2.59. The van der Waals surface area contributed by atoms with E-state index in [-0.39, 0.29) is 11.5 Å². The first kappa shape index (κ1) is 12.5. The SMILES string of the molecule is COc1ccc(C(N)c2ncccc2F)c(C)c1. The van der Waals surface area contributed by atoms with Crippen LogP contribution in [0, 0.1) is 12.7 Å². The minimum Gasteiger partial charge on any atom is -0.497 e. The Hall–Kier alpha value is -1.94. The summed E-state index contributed by atoms with van der Waals surface area (Å²) in [6, 6.07) is 7.86. The van der Waals surface area contributed by atoms with Gasteiger partial charge in [-0.3, -0.25) is 4.98 Å². The Balaban J connectivity index is 2.40. The van der Waals surface area contributed by atoms with E-state index < -0.39 is 6.04 Å². The van der Waals surface area contributed by atoms with Crippen molar-refractivity contribution in [1.29, 1.82) is 0 Å². The van der Waals surface area contributed by atoms with Crippen LogP contribution in [0.15, 0.2) is 36.5 Å². The molecule has 0 aliphatic rings. The molecule has 0 amide bonds. The molecule has 0 saturated carbocycles. The Morgan fingerprint density at radius 3 is 2.72 bits per heavy atom. The largest absolute Gasteiger partial charge is 0.497 e. The van der Waals surface area contributed by atoms with E-state index in [2.05, 4.69) is 4.98 Å². The van der Waals surface area contributed by atoms with Crippen molar-refractivity contribution in [3.05, 3.63) is 59.2 Å². The average Bonchev–Trinajstić information content (AvgIpc) is 2.38. The van der Waals surface area contributed by atoms with Crippen LogP contribution in [0.4, 0.5) is 4.39 Å². The van der Waals surface area contributed by atoms with Crippen molar-refractivity contribution in [2.24, 2.45) is 5.73 Å². The molecule has 2 rings (SSSR count). The van der Waals surface area contributed by atoms with Crippen LogP contribution in [0.1, 0.15) is 22.9 Å². The molecule has 1 unspecified atom stereocenters. The highest BCUT2D eigenvalue weighted by Gasteiger charge is 2.16. The molecule has 1 aromatic heterocycles. The van der Waals surface area contributed by atoms with Gasteiger partial charge in [0.1, 0.15) is 11.6 Å². The number of hydrogen-bond acceptors (Lipinski definition) is 3. The molecule has 0 aliphatic carbocycles. The van der Waals surface area contributed by atoms with Crippen molar-refractivity contribution in [2.75, 3.05) is 7.11 Å². The molecule has 18 heavy (non-hydrogen) atoms. The zero-order valence-corrected chi connectivity index (χ0v) is 10.4. The number of pyridine rings is 1. The summed E-state index contributed by atoms with van der Waals surface area (Å²) in [5, 5.41) is 0. The van der Waals surface area contributed by atoms with E-state index in [1.165, 1.54) is 12.3 Å². The molecule has 0 aliphatic heterocycles. The molecule has 1 atom stereocenters. The standard InChI is InChI=1S/C14H15FN2O/c1-9-8-10(18-2)5-6-11(9)13(16)14-12(15)4-3-7-17-14/h3-8,13H,16H2,1-2H3. The molecule has 0 fully saturated rings. The van der Waals surface area contributed by atoms with Crippen LogP contribution in [0.2, 0.25) is 0 Å². The van der Waals surface area contributed by atoms with Crippen LogP contribution >= 0.6 is 0 Å². The Morgan fingerprint density at radius 1 is 1.33 bits per heavy atom. The van der Waals surface area contributed by atoms with Crippen molar-refractivity contribution in [2.45, 2.75) is 13.0 Å². The van der Waals surface area contributed by atoms with E-state index in [1.54, 1.807) is 13.2 Å². The third-order valence-electron chi connectivity index (χ3n) is 2.89. The molecule has 4 heteroatoms. The van der Waals surface area contributed by atoms with Crippen molar-refractivity contribution >= 4 is 0 Å². The first-order valence-corrected chi connectivity index (χ1v) is 5.64. The highest BCUT2D eigenvalue weighted by molar-refractivity contribution is 5.39.